The molecule has 0 saturated carbocycles. The number of hydrogen-bond donors (Lipinski definition) is 0. The van der Waals surface area contributed by atoms with Crippen LogP contribution in [0.5, 0.6) is 0 Å². The Balaban J connectivity index is 2.78. The van der Waals surface area contributed by atoms with Crippen molar-refractivity contribution in [2.75, 3.05) is 0 Å². The molecule has 3 nitrogen and oxygen atoms in total. The molecular weight excluding hydrogens is 239 g/mol. The van der Waals surface area contributed by atoms with Crippen LogP contribution in [0, 0.1) is 0 Å². The molecule has 0 bridgehead atoms. The van der Waals surface area contributed by atoms with Crippen molar-refractivity contribution < 1.29 is 4.39 Å². The van der Waals surface area contributed by atoms with Gasteiger partial charge in [0.05, 0.1) is 12.5 Å². The van der Waals surface area contributed by atoms with Gasteiger partial charge in [0.25, 0.3) is 5.56 Å². The van der Waals surface area contributed by atoms with Crippen LogP contribution in [0.2, 0.25) is 0 Å². The van der Waals surface area contributed by atoms with Gasteiger partial charge in [-0.05, 0) is 29.3 Å². The minimum Gasteiger partial charge on any atom is -0.298 e. The average molecular weight is 249 g/mol. The summed E-state index contributed by atoms with van der Waals surface area (Å²) in [5.41, 5.74) is -0.171. The van der Waals surface area contributed by atoms with Crippen molar-refractivity contribution >= 4 is 15.9 Å². The van der Waals surface area contributed by atoms with Crippen LogP contribution in [-0.4, -0.2) is 15.7 Å². The Kier molecular flexibility index (Phi) is 3.59. The van der Waals surface area contributed by atoms with E-state index < -0.39 is 6.17 Å². The molecule has 1 aromatic heterocycles. The molecule has 13 heavy (non-hydrogen) atoms. The highest BCUT2D eigenvalue weighted by molar-refractivity contribution is 9.10. The first-order valence-corrected chi connectivity index (χ1v) is 4.74. The van der Waals surface area contributed by atoms with Crippen molar-refractivity contribution in [2.24, 2.45) is 0 Å². The zero-order valence-electron chi connectivity index (χ0n) is 7.20. The number of aryl methyl sites for hydroxylation is 1. The number of alkyl halides is 1. The fourth-order valence-electron chi connectivity index (χ4n) is 0.900. The monoisotopic (exact) mass is 248 g/mol. The molecule has 1 rings (SSSR count). The van der Waals surface area contributed by atoms with Gasteiger partial charge in [-0.1, -0.05) is 0 Å². The Morgan fingerprint density at radius 3 is 3.08 bits per heavy atom. The molecule has 0 saturated heterocycles. The smallest absolute Gasteiger partial charge is 0.267 e. The molecule has 0 spiro atoms. The first-order valence-electron chi connectivity index (χ1n) is 3.95. The highest BCUT2D eigenvalue weighted by Crippen LogP contribution is 2.01. The number of rotatable bonds is 3. The van der Waals surface area contributed by atoms with E-state index in [-0.39, 0.29) is 5.56 Å². The van der Waals surface area contributed by atoms with Crippen molar-refractivity contribution in [3.05, 3.63) is 27.4 Å². The Bertz CT molecular complexity index is 337. The third-order valence-corrected chi connectivity index (χ3v) is 2.17. The lowest BCUT2D eigenvalue weighted by Crippen LogP contribution is -2.21. The predicted molar refractivity (Wildman–Crippen MR) is 51.4 cm³/mol. The van der Waals surface area contributed by atoms with Crippen molar-refractivity contribution in [1.29, 1.82) is 0 Å². The van der Waals surface area contributed by atoms with Crippen LogP contribution < -0.4 is 5.56 Å². The summed E-state index contributed by atoms with van der Waals surface area (Å²) in [4.78, 5) is 15.2. The second-order valence-electron chi connectivity index (χ2n) is 2.81. The lowest BCUT2D eigenvalue weighted by atomic mass is 10.3. The third-order valence-electron chi connectivity index (χ3n) is 1.63. The van der Waals surface area contributed by atoms with Crippen LogP contribution in [0.3, 0.4) is 0 Å². The molecule has 0 aromatic carbocycles. The van der Waals surface area contributed by atoms with Gasteiger partial charge in [0.1, 0.15) is 4.47 Å². The fourth-order valence-corrected chi connectivity index (χ4v) is 1.25. The molecule has 1 heterocycles. The number of hydrogen-bond acceptors (Lipinski definition) is 2. The molecular formula is C8H10BrFN2O. The van der Waals surface area contributed by atoms with E-state index in [1.165, 1.54) is 24.0 Å². The van der Waals surface area contributed by atoms with E-state index in [0.29, 0.717) is 17.4 Å². The van der Waals surface area contributed by atoms with Gasteiger partial charge in [0.2, 0.25) is 0 Å². The maximum atomic E-state index is 12.5. The predicted octanol–water partition coefficient (Wildman–Crippen LogP) is 1.75. The minimum absolute atomic E-state index is 0.171. The Hall–Kier alpha value is -0.710. The van der Waals surface area contributed by atoms with E-state index in [0.717, 1.165) is 0 Å². The van der Waals surface area contributed by atoms with E-state index in [1.807, 2.05) is 0 Å². The van der Waals surface area contributed by atoms with Crippen LogP contribution in [0.25, 0.3) is 0 Å². The summed E-state index contributed by atoms with van der Waals surface area (Å²) in [5, 5.41) is 0. The number of halogens is 2. The van der Waals surface area contributed by atoms with Crippen molar-refractivity contribution in [2.45, 2.75) is 26.1 Å². The van der Waals surface area contributed by atoms with Crippen LogP contribution >= 0.6 is 15.9 Å². The molecule has 1 unspecified atom stereocenters. The largest absolute Gasteiger partial charge is 0.298 e. The van der Waals surface area contributed by atoms with Gasteiger partial charge in [-0.2, -0.15) is 0 Å². The van der Waals surface area contributed by atoms with E-state index >= 15 is 0 Å². The van der Waals surface area contributed by atoms with Crippen molar-refractivity contribution in [1.82, 2.24) is 9.55 Å². The van der Waals surface area contributed by atoms with Crippen molar-refractivity contribution in [3.8, 4) is 0 Å². The zero-order chi connectivity index (χ0) is 9.84. The summed E-state index contributed by atoms with van der Waals surface area (Å²) < 4.78 is 14.3. The molecule has 0 fully saturated rings. The molecule has 1 atom stereocenters. The Morgan fingerprint density at radius 2 is 2.46 bits per heavy atom. The summed E-state index contributed by atoms with van der Waals surface area (Å²) in [5.74, 6) is 0. The Morgan fingerprint density at radius 1 is 1.77 bits per heavy atom. The normalized spacial score (nSPS) is 12.8. The molecule has 0 aliphatic heterocycles. The van der Waals surface area contributed by atoms with Gasteiger partial charge in [-0.25, -0.2) is 9.37 Å². The maximum Gasteiger partial charge on any atom is 0.267 e. The van der Waals surface area contributed by atoms with E-state index in [4.69, 9.17) is 0 Å². The van der Waals surface area contributed by atoms with Gasteiger partial charge >= 0.3 is 0 Å². The van der Waals surface area contributed by atoms with Crippen LogP contribution in [0.15, 0.2) is 21.8 Å². The van der Waals surface area contributed by atoms with Crippen LogP contribution in [-0.2, 0) is 6.54 Å². The standard InChI is InChI=1S/C8H10BrFN2O/c1-6(10)2-3-12-5-11-4-7(9)8(12)13/h4-6H,2-3H2,1H3. The molecule has 0 N–H and O–H groups in total. The SMILES string of the molecule is CC(F)CCn1cncc(Br)c1=O. The van der Waals surface area contributed by atoms with Gasteiger partial charge in [0.15, 0.2) is 0 Å². The van der Waals surface area contributed by atoms with Gasteiger partial charge in [-0.15, -0.1) is 0 Å². The maximum absolute atomic E-state index is 12.5. The summed E-state index contributed by atoms with van der Waals surface area (Å²) in [6.07, 6.45) is 2.27. The Labute approximate surface area is 83.7 Å². The summed E-state index contributed by atoms with van der Waals surface area (Å²) in [6, 6.07) is 0. The first-order chi connectivity index (χ1) is 6.11. The molecule has 0 aliphatic carbocycles. The van der Waals surface area contributed by atoms with E-state index in [2.05, 4.69) is 20.9 Å². The van der Waals surface area contributed by atoms with Gasteiger partial charge < -0.3 is 0 Å². The lowest BCUT2D eigenvalue weighted by molar-refractivity contribution is 0.323. The molecule has 0 aliphatic rings. The quantitative estimate of drug-likeness (QED) is 0.817. The summed E-state index contributed by atoms with van der Waals surface area (Å²) in [6.45, 7) is 1.83. The summed E-state index contributed by atoms with van der Waals surface area (Å²) >= 11 is 3.06. The topological polar surface area (TPSA) is 34.9 Å². The van der Waals surface area contributed by atoms with Crippen LogP contribution in [0.1, 0.15) is 13.3 Å². The number of aromatic nitrogens is 2. The minimum atomic E-state index is -0.897. The van der Waals surface area contributed by atoms with Gasteiger partial charge in [0, 0.05) is 12.7 Å². The zero-order valence-corrected chi connectivity index (χ0v) is 8.79. The van der Waals surface area contributed by atoms with Crippen LogP contribution in [0.4, 0.5) is 4.39 Å². The highest BCUT2D eigenvalue weighted by Gasteiger charge is 2.02. The molecule has 1 aromatic rings. The van der Waals surface area contributed by atoms with Gasteiger partial charge in [-0.3, -0.25) is 9.36 Å². The fraction of sp³-hybridized carbons (Fsp3) is 0.500. The molecule has 0 amide bonds. The summed E-state index contributed by atoms with van der Waals surface area (Å²) in [7, 11) is 0. The second-order valence-corrected chi connectivity index (χ2v) is 3.66. The van der Waals surface area contributed by atoms with E-state index in [9.17, 15) is 9.18 Å². The third kappa shape index (κ3) is 2.91. The molecule has 0 radical (unpaired) electrons. The molecule has 5 heteroatoms. The van der Waals surface area contributed by atoms with Crippen molar-refractivity contribution in [3.63, 3.8) is 0 Å². The number of nitrogens with zero attached hydrogens (tertiary/aromatic N) is 2. The average Bonchev–Trinajstić information content (AvgIpc) is 2.07. The molecule has 72 valence electrons. The first kappa shape index (κ1) is 10.4. The second kappa shape index (κ2) is 4.50. The highest BCUT2D eigenvalue weighted by atomic mass is 79.9. The van der Waals surface area contributed by atoms with E-state index in [1.54, 1.807) is 0 Å². The lowest BCUT2D eigenvalue weighted by Gasteiger charge is -2.05.